The molecule has 1 saturated carbocycles. The summed E-state index contributed by atoms with van der Waals surface area (Å²) in [5.74, 6) is -2.05. The van der Waals surface area contributed by atoms with E-state index >= 15 is 0 Å². The number of nitrogens with zero attached hydrogens (tertiary/aromatic N) is 5. The van der Waals surface area contributed by atoms with Crippen LogP contribution in [0.3, 0.4) is 0 Å². The van der Waals surface area contributed by atoms with Crippen LogP contribution in [0.4, 0.5) is 10.1 Å². The number of benzene rings is 3. The average Bonchev–Trinajstić information content (AvgIpc) is 3.83. The number of amides is 3. The van der Waals surface area contributed by atoms with Gasteiger partial charge in [0.1, 0.15) is 18.1 Å². The monoisotopic (exact) mass is 719 g/mol. The van der Waals surface area contributed by atoms with Crippen LogP contribution in [0.25, 0.3) is 26.7 Å². The molecule has 51 heavy (non-hydrogen) atoms. The zero-order chi connectivity index (χ0) is 35.3. The largest absolute Gasteiger partial charge is 0.349 e. The van der Waals surface area contributed by atoms with Crippen molar-refractivity contribution < 1.29 is 18.8 Å². The number of carbonyl (C=O) groups is 3. The SMILES string of the molecule is O=C(CN(Cc1ccc(Cl)cc1)C(=O)C1CC(NC(=O)c2cncc(-n3cc(-c4ccc(-c5ccccc5)s4)nn3)c2)C1)Nc1ccccc1F. The maximum absolute atomic E-state index is 14.2. The molecule has 1 fully saturated rings. The van der Waals surface area contributed by atoms with Crippen molar-refractivity contribution in [3.8, 4) is 26.7 Å². The van der Waals surface area contributed by atoms with E-state index in [4.69, 9.17) is 11.6 Å². The number of nitrogens with one attached hydrogen (secondary N) is 2. The Labute approximate surface area is 301 Å². The molecule has 0 radical (unpaired) electrons. The maximum Gasteiger partial charge on any atom is 0.253 e. The van der Waals surface area contributed by atoms with E-state index in [-0.39, 0.29) is 36.6 Å². The van der Waals surface area contributed by atoms with Gasteiger partial charge in [0.25, 0.3) is 5.91 Å². The first-order valence-corrected chi connectivity index (χ1v) is 17.4. The lowest BCUT2D eigenvalue weighted by Gasteiger charge is -2.37. The molecule has 3 aromatic carbocycles. The number of hydrogen-bond acceptors (Lipinski definition) is 7. The first-order valence-electron chi connectivity index (χ1n) is 16.2. The van der Waals surface area contributed by atoms with Gasteiger partial charge < -0.3 is 15.5 Å². The average molecular weight is 720 g/mol. The summed E-state index contributed by atoms with van der Waals surface area (Å²) >= 11 is 7.66. The van der Waals surface area contributed by atoms with Crippen LogP contribution in [0.2, 0.25) is 5.02 Å². The van der Waals surface area contributed by atoms with Crippen molar-refractivity contribution in [2.45, 2.75) is 25.4 Å². The molecule has 3 amide bonds. The third-order valence-electron chi connectivity index (χ3n) is 8.56. The minimum atomic E-state index is -0.568. The maximum atomic E-state index is 14.2. The van der Waals surface area contributed by atoms with Crippen molar-refractivity contribution in [1.82, 2.24) is 30.2 Å². The molecule has 3 heterocycles. The standard InChI is InChI=1S/C38H31ClFN7O3S/c39-28-12-10-24(11-13-28)21-46(23-36(48)43-32-9-5-4-8-31(32)40)38(50)26-16-29(17-26)42-37(49)27-18-30(20-41-19-27)47-22-33(44-45-47)35-15-14-34(51-35)25-6-2-1-3-7-25/h1-15,18-20,22,26,29H,16-17,21,23H2,(H,42,49)(H,43,48). The van der Waals surface area contributed by atoms with Gasteiger partial charge in [-0.25, -0.2) is 9.07 Å². The lowest BCUT2D eigenvalue weighted by molar-refractivity contribution is -0.142. The van der Waals surface area contributed by atoms with E-state index in [2.05, 4.69) is 44.1 Å². The molecular weight excluding hydrogens is 689 g/mol. The van der Waals surface area contributed by atoms with E-state index in [9.17, 15) is 18.8 Å². The third-order valence-corrected chi connectivity index (χ3v) is 9.97. The van der Waals surface area contributed by atoms with E-state index in [0.29, 0.717) is 34.8 Å². The molecule has 0 unspecified atom stereocenters. The molecule has 0 bridgehead atoms. The normalized spacial score (nSPS) is 15.1. The summed E-state index contributed by atoms with van der Waals surface area (Å²) in [5, 5.41) is 14.7. The van der Waals surface area contributed by atoms with Gasteiger partial charge in [0, 0.05) is 34.6 Å². The smallest absolute Gasteiger partial charge is 0.253 e. The molecule has 13 heteroatoms. The van der Waals surface area contributed by atoms with Crippen molar-refractivity contribution in [2.75, 3.05) is 11.9 Å². The van der Waals surface area contributed by atoms with Crippen molar-refractivity contribution >= 4 is 46.3 Å². The number of para-hydroxylation sites is 1. The number of hydrogen-bond donors (Lipinski definition) is 2. The Hall–Kier alpha value is -5.72. The lowest BCUT2D eigenvalue weighted by Crippen LogP contribution is -2.51. The van der Waals surface area contributed by atoms with Crippen LogP contribution in [0.1, 0.15) is 28.8 Å². The van der Waals surface area contributed by atoms with E-state index in [0.717, 1.165) is 20.9 Å². The van der Waals surface area contributed by atoms with Crippen LogP contribution in [0, 0.1) is 11.7 Å². The zero-order valence-corrected chi connectivity index (χ0v) is 28.7. The molecule has 1 aliphatic carbocycles. The number of aromatic nitrogens is 4. The molecule has 7 rings (SSSR count). The van der Waals surface area contributed by atoms with Crippen molar-refractivity contribution in [2.24, 2.45) is 5.92 Å². The first kappa shape index (κ1) is 33.8. The molecule has 0 aliphatic heterocycles. The Morgan fingerprint density at radius 3 is 2.45 bits per heavy atom. The second-order valence-corrected chi connectivity index (χ2v) is 13.7. The summed E-state index contributed by atoms with van der Waals surface area (Å²) in [6, 6.07) is 28.5. The van der Waals surface area contributed by atoms with Gasteiger partial charge >= 0.3 is 0 Å². The Morgan fingerprint density at radius 1 is 0.922 bits per heavy atom. The molecule has 0 atom stereocenters. The summed E-state index contributed by atoms with van der Waals surface area (Å²) in [7, 11) is 0. The number of anilines is 1. The number of halogens is 2. The fourth-order valence-electron chi connectivity index (χ4n) is 5.83. The quantitative estimate of drug-likeness (QED) is 0.148. The molecule has 1 aliphatic rings. The fraction of sp³-hybridized carbons (Fsp3) is 0.158. The van der Waals surface area contributed by atoms with Gasteiger partial charge in [0.05, 0.1) is 34.2 Å². The third kappa shape index (κ3) is 8.03. The molecule has 2 N–H and O–H groups in total. The minimum absolute atomic E-state index is 0.0376. The highest BCUT2D eigenvalue weighted by atomic mass is 35.5. The van der Waals surface area contributed by atoms with Gasteiger partial charge in [0.2, 0.25) is 11.8 Å². The number of pyridine rings is 1. The number of rotatable bonds is 11. The van der Waals surface area contributed by atoms with Crippen molar-refractivity contribution in [3.63, 3.8) is 0 Å². The molecule has 0 saturated heterocycles. The minimum Gasteiger partial charge on any atom is -0.349 e. The summed E-state index contributed by atoms with van der Waals surface area (Å²) in [4.78, 5) is 47.6. The Morgan fingerprint density at radius 2 is 1.67 bits per heavy atom. The highest BCUT2D eigenvalue weighted by Gasteiger charge is 2.38. The predicted molar refractivity (Wildman–Crippen MR) is 194 cm³/mol. The van der Waals surface area contributed by atoms with Crippen molar-refractivity contribution in [1.29, 1.82) is 0 Å². The van der Waals surface area contributed by atoms with Gasteiger partial charge in [-0.2, -0.15) is 0 Å². The molecule has 6 aromatic rings. The van der Waals surface area contributed by atoms with Gasteiger partial charge in [-0.05, 0) is 66.4 Å². The second-order valence-electron chi connectivity index (χ2n) is 12.2. The van der Waals surface area contributed by atoms with Gasteiger partial charge in [-0.3, -0.25) is 19.4 Å². The number of carbonyl (C=O) groups excluding carboxylic acids is 3. The molecule has 256 valence electrons. The zero-order valence-electron chi connectivity index (χ0n) is 27.1. The van der Waals surface area contributed by atoms with Crippen LogP contribution >= 0.6 is 22.9 Å². The summed E-state index contributed by atoms with van der Waals surface area (Å²) < 4.78 is 15.7. The van der Waals surface area contributed by atoms with Crippen molar-refractivity contribution in [3.05, 3.63) is 138 Å². The highest BCUT2D eigenvalue weighted by Crippen LogP contribution is 2.34. The van der Waals surface area contributed by atoms with Crippen LogP contribution in [-0.4, -0.2) is 55.2 Å². The summed E-state index contributed by atoms with van der Waals surface area (Å²) in [5.41, 5.74) is 3.58. The van der Waals surface area contributed by atoms with Gasteiger partial charge in [-0.15, -0.1) is 16.4 Å². The van der Waals surface area contributed by atoms with E-state index < -0.39 is 17.6 Å². The molecule has 10 nitrogen and oxygen atoms in total. The summed E-state index contributed by atoms with van der Waals surface area (Å²) in [6.07, 6.45) is 5.69. The first-order chi connectivity index (χ1) is 24.8. The van der Waals surface area contributed by atoms with Crippen LogP contribution in [-0.2, 0) is 16.1 Å². The van der Waals surface area contributed by atoms with Crippen LogP contribution in [0.15, 0.2) is 116 Å². The topological polar surface area (TPSA) is 122 Å². The molecule has 0 spiro atoms. The second kappa shape index (κ2) is 15.0. The van der Waals surface area contributed by atoms with E-state index in [1.54, 1.807) is 64.8 Å². The Balaban J connectivity index is 0.969. The van der Waals surface area contributed by atoms with Crippen LogP contribution in [0.5, 0.6) is 0 Å². The Kier molecular flexibility index (Phi) is 9.95. The van der Waals surface area contributed by atoms with E-state index in [1.165, 1.54) is 29.3 Å². The molecule has 3 aromatic heterocycles. The van der Waals surface area contributed by atoms with Gasteiger partial charge in [-0.1, -0.05) is 71.4 Å². The highest BCUT2D eigenvalue weighted by molar-refractivity contribution is 7.18. The predicted octanol–water partition coefficient (Wildman–Crippen LogP) is 7.03. The summed E-state index contributed by atoms with van der Waals surface area (Å²) in [6.45, 7) is -0.107. The van der Waals surface area contributed by atoms with Gasteiger partial charge in [0.15, 0.2) is 0 Å². The number of thiophene rings is 1. The lowest BCUT2D eigenvalue weighted by atomic mass is 9.79. The van der Waals surface area contributed by atoms with Crippen LogP contribution < -0.4 is 10.6 Å². The Bertz CT molecular complexity index is 2190. The fourth-order valence-corrected chi connectivity index (χ4v) is 6.91. The molecular formula is C38H31ClFN7O3S. The van der Waals surface area contributed by atoms with E-state index in [1.807, 2.05) is 24.3 Å².